The summed E-state index contributed by atoms with van der Waals surface area (Å²) in [5.74, 6) is -0.221. The summed E-state index contributed by atoms with van der Waals surface area (Å²) in [6.07, 6.45) is 4.13. The third kappa shape index (κ3) is 3.61. The van der Waals surface area contributed by atoms with Gasteiger partial charge in [-0.15, -0.1) is 0 Å². The highest BCUT2D eigenvalue weighted by atomic mass is 19.1. The maximum atomic E-state index is 13.1. The third-order valence-corrected chi connectivity index (χ3v) is 4.59. The lowest BCUT2D eigenvalue weighted by atomic mass is 10.2. The molecule has 5 heteroatoms. The molecule has 1 aliphatic rings. The van der Waals surface area contributed by atoms with Crippen LogP contribution in [0.3, 0.4) is 0 Å². The first kappa shape index (κ1) is 16.0. The lowest BCUT2D eigenvalue weighted by molar-refractivity contribution is 0.242. The van der Waals surface area contributed by atoms with E-state index in [1.807, 2.05) is 37.4 Å². The van der Waals surface area contributed by atoms with Crippen LogP contribution in [-0.2, 0) is 13.1 Å². The monoisotopic (exact) mass is 337 g/mol. The van der Waals surface area contributed by atoms with Crippen LogP contribution in [0.4, 0.5) is 4.39 Å². The van der Waals surface area contributed by atoms with E-state index >= 15 is 0 Å². The van der Waals surface area contributed by atoms with E-state index in [-0.39, 0.29) is 11.4 Å². The van der Waals surface area contributed by atoms with Gasteiger partial charge >= 0.3 is 0 Å². The Balaban J connectivity index is 1.60. The Morgan fingerprint density at radius 1 is 1.16 bits per heavy atom. The predicted molar refractivity (Wildman–Crippen MR) is 94.9 cm³/mol. The molecule has 0 atom stereocenters. The average Bonchev–Trinajstić information content (AvgIpc) is 3.42. The molecule has 0 bridgehead atoms. The van der Waals surface area contributed by atoms with Crippen molar-refractivity contribution in [1.82, 2.24) is 14.3 Å². The molecule has 0 saturated heterocycles. The van der Waals surface area contributed by atoms with Crippen LogP contribution in [0.25, 0.3) is 5.65 Å². The van der Waals surface area contributed by atoms with E-state index in [1.54, 1.807) is 10.5 Å². The number of aryl methyl sites for hydroxylation is 1. The molecule has 25 heavy (non-hydrogen) atoms. The molecule has 1 saturated carbocycles. The molecule has 1 aliphatic carbocycles. The zero-order valence-corrected chi connectivity index (χ0v) is 14.2. The van der Waals surface area contributed by atoms with Crippen molar-refractivity contribution < 1.29 is 4.39 Å². The van der Waals surface area contributed by atoms with Gasteiger partial charge in [-0.05, 0) is 49.1 Å². The highest BCUT2D eigenvalue weighted by Crippen LogP contribution is 2.29. The first-order valence-corrected chi connectivity index (χ1v) is 8.56. The molecule has 3 aromatic rings. The Morgan fingerprint density at radius 3 is 2.64 bits per heavy atom. The molecular weight excluding hydrogens is 317 g/mol. The van der Waals surface area contributed by atoms with Gasteiger partial charge in [0.25, 0.3) is 5.56 Å². The van der Waals surface area contributed by atoms with Crippen molar-refractivity contribution in [3.8, 4) is 0 Å². The zero-order chi connectivity index (χ0) is 17.4. The summed E-state index contributed by atoms with van der Waals surface area (Å²) in [4.78, 5) is 19.3. The number of hydrogen-bond acceptors (Lipinski definition) is 3. The molecule has 0 radical (unpaired) electrons. The van der Waals surface area contributed by atoms with E-state index in [0.29, 0.717) is 18.2 Å². The van der Waals surface area contributed by atoms with E-state index in [1.165, 1.54) is 12.1 Å². The first-order valence-electron chi connectivity index (χ1n) is 8.56. The molecule has 1 fully saturated rings. The maximum absolute atomic E-state index is 13.1. The fraction of sp³-hybridized carbons (Fsp3) is 0.300. The second kappa shape index (κ2) is 6.41. The Labute approximate surface area is 145 Å². The van der Waals surface area contributed by atoms with Crippen molar-refractivity contribution in [2.24, 2.45) is 0 Å². The number of halogens is 1. The molecule has 0 unspecified atom stereocenters. The van der Waals surface area contributed by atoms with Crippen LogP contribution in [0, 0.1) is 12.7 Å². The number of hydrogen-bond donors (Lipinski definition) is 0. The number of benzene rings is 1. The van der Waals surface area contributed by atoms with E-state index in [9.17, 15) is 9.18 Å². The van der Waals surface area contributed by atoms with Gasteiger partial charge in [-0.1, -0.05) is 18.2 Å². The van der Waals surface area contributed by atoms with E-state index in [4.69, 9.17) is 0 Å². The lowest BCUT2D eigenvalue weighted by Gasteiger charge is -2.21. The zero-order valence-electron chi connectivity index (χ0n) is 14.2. The molecule has 4 nitrogen and oxygen atoms in total. The molecule has 0 aliphatic heterocycles. The van der Waals surface area contributed by atoms with Gasteiger partial charge in [-0.2, -0.15) is 0 Å². The van der Waals surface area contributed by atoms with Crippen molar-refractivity contribution in [1.29, 1.82) is 0 Å². The molecule has 0 spiro atoms. The molecule has 1 aromatic carbocycles. The first-order chi connectivity index (χ1) is 12.1. The SMILES string of the molecule is Cc1ccc2nc(CN(Cc3ccc(F)cc3)C3CC3)cc(=O)n2c1. The normalized spacial score (nSPS) is 14.4. The fourth-order valence-corrected chi connectivity index (χ4v) is 3.13. The summed E-state index contributed by atoms with van der Waals surface area (Å²) in [5, 5.41) is 0. The second-order valence-electron chi connectivity index (χ2n) is 6.78. The Bertz CT molecular complexity index is 961. The standard InChI is InChI=1S/C20H20FN3O/c1-14-2-9-19-22-17(10-20(25)24(19)11-14)13-23(18-7-8-18)12-15-3-5-16(21)6-4-15/h2-6,9-11,18H,7-8,12-13H2,1H3. The van der Waals surface area contributed by atoms with Gasteiger partial charge in [0.2, 0.25) is 0 Å². The van der Waals surface area contributed by atoms with Crippen LogP contribution in [-0.4, -0.2) is 20.3 Å². The summed E-state index contributed by atoms with van der Waals surface area (Å²) in [6, 6.07) is 12.6. The van der Waals surface area contributed by atoms with Crippen LogP contribution in [0.2, 0.25) is 0 Å². The maximum Gasteiger partial charge on any atom is 0.258 e. The molecular formula is C20H20FN3O. The van der Waals surface area contributed by atoms with Gasteiger partial charge < -0.3 is 0 Å². The van der Waals surface area contributed by atoms with E-state index in [2.05, 4.69) is 9.88 Å². The molecule has 0 N–H and O–H groups in total. The number of pyridine rings is 1. The van der Waals surface area contributed by atoms with Gasteiger partial charge in [-0.25, -0.2) is 9.37 Å². The van der Waals surface area contributed by atoms with Crippen molar-refractivity contribution in [3.05, 3.63) is 81.7 Å². The average molecular weight is 337 g/mol. The minimum Gasteiger partial charge on any atom is -0.290 e. The number of fused-ring (bicyclic) bond motifs is 1. The van der Waals surface area contributed by atoms with Crippen molar-refractivity contribution in [2.75, 3.05) is 0 Å². The van der Waals surface area contributed by atoms with Crippen LogP contribution in [0.5, 0.6) is 0 Å². The quantitative estimate of drug-likeness (QED) is 0.717. The van der Waals surface area contributed by atoms with E-state index < -0.39 is 0 Å². The topological polar surface area (TPSA) is 37.6 Å². The Morgan fingerprint density at radius 2 is 1.92 bits per heavy atom. The van der Waals surface area contributed by atoms with Gasteiger partial charge in [0.05, 0.1) is 5.69 Å². The van der Waals surface area contributed by atoms with Gasteiger partial charge in [0.1, 0.15) is 11.5 Å². The van der Waals surface area contributed by atoms with Crippen LogP contribution in [0.15, 0.2) is 53.5 Å². The Hall–Kier alpha value is -2.53. The number of aromatic nitrogens is 2. The highest BCUT2D eigenvalue weighted by Gasteiger charge is 2.29. The molecule has 2 aromatic heterocycles. The predicted octanol–water partition coefficient (Wildman–Crippen LogP) is 3.31. The van der Waals surface area contributed by atoms with Gasteiger partial charge in [-0.3, -0.25) is 14.1 Å². The van der Waals surface area contributed by atoms with Crippen molar-refractivity contribution in [3.63, 3.8) is 0 Å². The van der Waals surface area contributed by atoms with Crippen LogP contribution >= 0.6 is 0 Å². The van der Waals surface area contributed by atoms with Gasteiger partial charge in [0.15, 0.2) is 0 Å². The second-order valence-corrected chi connectivity index (χ2v) is 6.78. The summed E-state index contributed by atoms with van der Waals surface area (Å²) in [6.45, 7) is 3.32. The summed E-state index contributed by atoms with van der Waals surface area (Å²) >= 11 is 0. The van der Waals surface area contributed by atoms with Crippen LogP contribution in [0.1, 0.15) is 29.7 Å². The molecule has 4 rings (SSSR count). The molecule has 2 heterocycles. The fourth-order valence-electron chi connectivity index (χ4n) is 3.13. The number of rotatable bonds is 5. The van der Waals surface area contributed by atoms with Crippen molar-refractivity contribution in [2.45, 2.75) is 38.9 Å². The summed E-state index contributed by atoms with van der Waals surface area (Å²) in [5.41, 5.74) is 3.50. The lowest BCUT2D eigenvalue weighted by Crippen LogP contribution is -2.27. The van der Waals surface area contributed by atoms with Gasteiger partial charge in [0, 0.05) is 31.4 Å². The largest absolute Gasteiger partial charge is 0.290 e. The number of nitrogens with zero attached hydrogens (tertiary/aromatic N) is 3. The smallest absolute Gasteiger partial charge is 0.258 e. The minimum absolute atomic E-state index is 0.0544. The van der Waals surface area contributed by atoms with Crippen LogP contribution < -0.4 is 5.56 Å². The third-order valence-electron chi connectivity index (χ3n) is 4.59. The Kier molecular flexibility index (Phi) is 4.09. The molecule has 0 amide bonds. The highest BCUT2D eigenvalue weighted by molar-refractivity contribution is 5.40. The summed E-state index contributed by atoms with van der Waals surface area (Å²) < 4.78 is 14.7. The summed E-state index contributed by atoms with van der Waals surface area (Å²) in [7, 11) is 0. The van der Waals surface area contributed by atoms with E-state index in [0.717, 1.165) is 36.2 Å². The van der Waals surface area contributed by atoms with Crippen molar-refractivity contribution >= 4 is 5.65 Å². The minimum atomic E-state index is -0.221. The molecule has 128 valence electrons.